The summed E-state index contributed by atoms with van der Waals surface area (Å²) in [5.74, 6) is -2.51. The molecule has 0 radical (unpaired) electrons. The van der Waals surface area contributed by atoms with Gasteiger partial charge in [0.25, 0.3) is 0 Å². The maximum absolute atomic E-state index is 12.4. The van der Waals surface area contributed by atoms with E-state index in [1.165, 1.54) is 58.0 Å². The molecule has 0 fully saturated rings. The van der Waals surface area contributed by atoms with Crippen LogP contribution >= 0.6 is 0 Å². The van der Waals surface area contributed by atoms with Crippen molar-refractivity contribution in [1.82, 2.24) is 0 Å². The molecule has 1 amide bonds. The van der Waals surface area contributed by atoms with Crippen molar-refractivity contribution in [2.45, 2.75) is 40.5 Å². The fraction of sp³-hybridized carbons (Fsp3) is 0.261. The van der Waals surface area contributed by atoms with Gasteiger partial charge in [0, 0.05) is 45.9 Å². The van der Waals surface area contributed by atoms with Crippen LogP contribution in [-0.2, 0) is 30.4 Å². The van der Waals surface area contributed by atoms with Crippen LogP contribution in [-0.4, -0.2) is 29.8 Å². The van der Waals surface area contributed by atoms with Gasteiger partial charge in [0.15, 0.2) is 23.0 Å². The summed E-state index contributed by atoms with van der Waals surface area (Å²) in [5, 5.41) is 2.67. The van der Waals surface area contributed by atoms with Gasteiger partial charge in [-0.2, -0.15) is 0 Å². The number of benzene rings is 2. The number of hydrogen-bond donors (Lipinski definition) is 1. The Morgan fingerprint density at radius 3 is 1.61 bits per heavy atom. The molecule has 1 N–H and O–H groups in total. The largest absolute Gasteiger partial charge is 0.423 e. The zero-order valence-electron chi connectivity index (χ0n) is 18.6. The number of amides is 1. The van der Waals surface area contributed by atoms with Crippen LogP contribution in [0.3, 0.4) is 0 Å². The summed E-state index contributed by atoms with van der Waals surface area (Å²) in [4.78, 5) is 57.5. The molecule has 10 heteroatoms. The third-order valence-corrected chi connectivity index (χ3v) is 3.89. The molecule has 0 unspecified atom stereocenters. The molecule has 0 bridgehead atoms. The highest BCUT2D eigenvalue weighted by Gasteiger charge is 2.14. The van der Waals surface area contributed by atoms with Gasteiger partial charge in [0.1, 0.15) is 0 Å². The molecular formula is C23H23NO9. The maximum atomic E-state index is 12.4. The van der Waals surface area contributed by atoms with Gasteiger partial charge >= 0.3 is 23.9 Å². The number of hydrogen-bond acceptors (Lipinski definition) is 9. The summed E-state index contributed by atoms with van der Waals surface area (Å²) in [6, 6.07) is 8.89. The molecule has 0 saturated carbocycles. The van der Waals surface area contributed by atoms with Crippen LogP contribution in [0.4, 0.5) is 5.69 Å². The minimum absolute atomic E-state index is 0.0115. The molecule has 0 saturated heterocycles. The van der Waals surface area contributed by atoms with Crippen LogP contribution in [0.1, 0.15) is 39.7 Å². The van der Waals surface area contributed by atoms with Gasteiger partial charge in [-0.15, -0.1) is 0 Å². The van der Waals surface area contributed by atoms with E-state index < -0.39 is 23.9 Å². The molecule has 10 nitrogen and oxygen atoms in total. The Labute approximate surface area is 189 Å². The van der Waals surface area contributed by atoms with Crippen molar-refractivity contribution >= 4 is 35.5 Å². The van der Waals surface area contributed by atoms with Crippen molar-refractivity contribution in [1.29, 1.82) is 0 Å². The van der Waals surface area contributed by atoms with Crippen LogP contribution in [0.2, 0.25) is 0 Å². The zero-order valence-corrected chi connectivity index (χ0v) is 18.6. The first kappa shape index (κ1) is 25.1. The summed E-state index contributed by atoms with van der Waals surface area (Å²) >= 11 is 0. The van der Waals surface area contributed by atoms with E-state index in [0.717, 1.165) is 0 Å². The van der Waals surface area contributed by atoms with Crippen molar-refractivity contribution in [2.24, 2.45) is 0 Å². The first-order valence-electron chi connectivity index (χ1n) is 9.84. The molecule has 33 heavy (non-hydrogen) atoms. The molecule has 0 atom stereocenters. The summed E-state index contributed by atoms with van der Waals surface area (Å²) in [7, 11) is 0. The molecule has 174 valence electrons. The van der Waals surface area contributed by atoms with Crippen LogP contribution in [0.15, 0.2) is 36.4 Å². The number of ether oxygens (including phenoxy) is 4. The van der Waals surface area contributed by atoms with E-state index in [1.807, 2.05) is 0 Å². The molecule has 2 aromatic rings. The molecule has 0 aliphatic rings. The van der Waals surface area contributed by atoms with Gasteiger partial charge in [-0.05, 0) is 36.2 Å². The van der Waals surface area contributed by atoms with Crippen LogP contribution < -0.4 is 24.3 Å². The summed E-state index contributed by atoms with van der Waals surface area (Å²) in [5.41, 5.74) is 1.00. The van der Waals surface area contributed by atoms with E-state index >= 15 is 0 Å². The Hall–Kier alpha value is -4.21. The highest BCUT2D eigenvalue weighted by atomic mass is 16.6. The molecule has 0 aromatic heterocycles. The second-order valence-corrected chi connectivity index (χ2v) is 6.87. The molecule has 2 rings (SSSR count). The van der Waals surface area contributed by atoms with Crippen LogP contribution in [0.5, 0.6) is 23.0 Å². The van der Waals surface area contributed by atoms with Gasteiger partial charge in [-0.1, -0.05) is 6.07 Å². The average molecular weight is 457 g/mol. The first-order chi connectivity index (χ1) is 15.5. The fourth-order valence-corrected chi connectivity index (χ4v) is 2.72. The van der Waals surface area contributed by atoms with Crippen molar-refractivity contribution in [3.05, 3.63) is 42.0 Å². The molecule has 0 aliphatic heterocycles. The van der Waals surface area contributed by atoms with E-state index in [2.05, 4.69) is 5.32 Å². The topological polar surface area (TPSA) is 134 Å². The van der Waals surface area contributed by atoms with E-state index in [0.29, 0.717) is 17.7 Å². The molecule has 0 aliphatic carbocycles. The van der Waals surface area contributed by atoms with E-state index in [-0.39, 0.29) is 35.3 Å². The second-order valence-electron chi connectivity index (χ2n) is 6.87. The Kier molecular flexibility index (Phi) is 8.67. The predicted octanol–water partition coefficient (Wildman–Crippen LogP) is 2.96. The SMILES string of the molecule is CC(=O)Oc1ccc(CCC(=O)Nc2ccc(OC(C)=O)c(OC(C)=O)c2)cc1OC(C)=O. The maximum Gasteiger partial charge on any atom is 0.308 e. The van der Waals surface area contributed by atoms with Crippen LogP contribution in [0.25, 0.3) is 0 Å². The Morgan fingerprint density at radius 2 is 1.09 bits per heavy atom. The minimum Gasteiger partial charge on any atom is -0.423 e. The Bertz CT molecular complexity index is 1090. The molecule has 2 aromatic carbocycles. The van der Waals surface area contributed by atoms with Gasteiger partial charge in [-0.25, -0.2) is 0 Å². The molecule has 0 heterocycles. The van der Waals surface area contributed by atoms with Gasteiger partial charge in [-0.3, -0.25) is 24.0 Å². The smallest absolute Gasteiger partial charge is 0.308 e. The molecule has 0 spiro atoms. The van der Waals surface area contributed by atoms with Gasteiger partial charge in [0.2, 0.25) is 5.91 Å². The van der Waals surface area contributed by atoms with Crippen LogP contribution in [0, 0.1) is 0 Å². The van der Waals surface area contributed by atoms with Gasteiger partial charge in [0.05, 0.1) is 0 Å². The average Bonchev–Trinajstić information content (AvgIpc) is 2.68. The lowest BCUT2D eigenvalue weighted by atomic mass is 10.1. The zero-order chi connectivity index (χ0) is 24.5. The number of anilines is 1. The minimum atomic E-state index is -0.618. The highest BCUT2D eigenvalue weighted by Crippen LogP contribution is 2.32. The van der Waals surface area contributed by atoms with Crippen molar-refractivity contribution in [3.8, 4) is 23.0 Å². The number of aryl methyl sites for hydroxylation is 1. The number of carbonyl (C=O) groups excluding carboxylic acids is 5. The van der Waals surface area contributed by atoms with E-state index in [4.69, 9.17) is 18.9 Å². The van der Waals surface area contributed by atoms with Gasteiger partial charge < -0.3 is 24.3 Å². The number of esters is 4. The lowest BCUT2D eigenvalue weighted by Gasteiger charge is -2.12. The molecular weight excluding hydrogens is 434 g/mol. The van der Waals surface area contributed by atoms with Crippen molar-refractivity contribution in [3.63, 3.8) is 0 Å². The Balaban J connectivity index is 2.08. The first-order valence-corrected chi connectivity index (χ1v) is 9.84. The Morgan fingerprint density at radius 1 is 0.636 bits per heavy atom. The number of carbonyl (C=O) groups is 5. The highest BCUT2D eigenvalue weighted by molar-refractivity contribution is 5.91. The van der Waals surface area contributed by atoms with Crippen molar-refractivity contribution < 1.29 is 42.9 Å². The third-order valence-electron chi connectivity index (χ3n) is 3.89. The monoisotopic (exact) mass is 457 g/mol. The second kappa shape index (κ2) is 11.4. The summed E-state index contributed by atoms with van der Waals surface area (Å²) in [6.45, 7) is 4.84. The quantitative estimate of drug-likeness (QED) is 0.469. The lowest BCUT2D eigenvalue weighted by Crippen LogP contribution is -2.13. The number of nitrogens with one attached hydrogen (secondary N) is 1. The number of rotatable bonds is 8. The van der Waals surface area contributed by atoms with Crippen molar-refractivity contribution in [2.75, 3.05) is 5.32 Å². The van der Waals surface area contributed by atoms with E-state index in [1.54, 1.807) is 6.07 Å². The summed E-state index contributed by atoms with van der Waals surface area (Å²) in [6.07, 6.45) is 0.365. The standard InChI is InChI=1S/C23H23NO9/c1-13(25)30-19-8-5-17(11-21(19)32-15(3)27)6-10-23(29)24-18-7-9-20(31-14(2)26)22(12-18)33-16(4)28/h5,7-9,11-12H,6,10H2,1-4H3,(H,24,29). The predicted molar refractivity (Wildman–Crippen MR) is 115 cm³/mol. The lowest BCUT2D eigenvalue weighted by molar-refractivity contribution is -0.134. The normalized spacial score (nSPS) is 10.1. The van der Waals surface area contributed by atoms with E-state index in [9.17, 15) is 24.0 Å². The third kappa shape index (κ3) is 8.44. The fourth-order valence-electron chi connectivity index (χ4n) is 2.72. The summed E-state index contributed by atoms with van der Waals surface area (Å²) < 4.78 is 20.1.